The fraction of sp³-hybridized carbons (Fsp3) is 0.0556. The first kappa shape index (κ1) is 15.4. The van der Waals surface area contributed by atoms with E-state index in [1.807, 2.05) is 60.7 Å². The molecule has 0 radical (unpaired) electrons. The van der Waals surface area contributed by atoms with E-state index in [4.69, 9.17) is 4.74 Å². The number of hydrazine groups is 1. The molecule has 0 fully saturated rings. The van der Waals surface area contributed by atoms with Crippen LogP contribution in [0.2, 0.25) is 0 Å². The van der Waals surface area contributed by atoms with E-state index in [9.17, 15) is 4.79 Å². The van der Waals surface area contributed by atoms with E-state index in [1.165, 1.54) is 0 Å². The molecule has 3 rings (SSSR count). The summed E-state index contributed by atoms with van der Waals surface area (Å²) in [5.41, 5.74) is 6.91. The molecule has 0 aliphatic heterocycles. The molecule has 116 valence electrons. The normalized spacial score (nSPS) is 10.3. The Morgan fingerprint density at radius 2 is 1.74 bits per heavy atom. The van der Waals surface area contributed by atoms with Gasteiger partial charge in [-0.2, -0.15) is 0 Å². The fourth-order valence-corrected chi connectivity index (χ4v) is 3.04. The SMILES string of the molecule is COc1c(Br)c(C(=O)NNc2ccccc2)cc2ccccc12. The van der Waals surface area contributed by atoms with Gasteiger partial charge in [0.05, 0.1) is 22.8 Å². The van der Waals surface area contributed by atoms with Crippen LogP contribution in [-0.2, 0) is 0 Å². The molecule has 0 atom stereocenters. The van der Waals surface area contributed by atoms with Gasteiger partial charge in [0.1, 0.15) is 5.75 Å². The summed E-state index contributed by atoms with van der Waals surface area (Å²) in [6.45, 7) is 0. The Balaban J connectivity index is 1.92. The first-order valence-corrected chi connectivity index (χ1v) is 7.86. The number of nitrogens with one attached hydrogen (secondary N) is 2. The summed E-state index contributed by atoms with van der Waals surface area (Å²) in [4.78, 5) is 12.5. The van der Waals surface area contributed by atoms with Crippen molar-refractivity contribution in [2.45, 2.75) is 0 Å². The molecule has 0 spiro atoms. The standard InChI is InChI=1S/C18H15BrN2O2/c1-23-17-14-10-6-5-7-12(14)11-15(16(17)19)18(22)21-20-13-8-3-2-4-9-13/h2-11,20H,1H3,(H,21,22). The van der Waals surface area contributed by atoms with Crippen LogP contribution < -0.4 is 15.6 Å². The summed E-state index contributed by atoms with van der Waals surface area (Å²) in [6.07, 6.45) is 0. The molecule has 0 saturated heterocycles. The number of carbonyl (C=O) groups is 1. The van der Waals surface area contributed by atoms with E-state index in [0.29, 0.717) is 15.8 Å². The van der Waals surface area contributed by atoms with E-state index in [1.54, 1.807) is 7.11 Å². The van der Waals surface area contributed by atoms with Crippen molar-refractivity contribution in [3.05, 3.63) is 70.7 Å². The van der Waals surface area contributed by atoms with Crippen molar-refractivity contribution in [2.24, 2.45) is 0 Å². The Kier molecular flexibility index (Phi) is 4.48. The number of para-hydroxylation sites is 1. The minimum Gasteiger partial charge on any atom is -0.495 e. The van der Waals surface area contributed by atoms with Gasteiger partial charge in [-0.25, -0.2) is 0 Å². The molecule has 0 unspecified atom stereocenters. The second-order valence-corrected chi connectivity index (χ2v) is 5.73. The lowest BCUT2D eigenvalue weighted by molar-refractivity contribution is 0.0961. The van der Waals surface area contributed by atoms with Gasteiger partial charge >= 0.3 is 0 Å². The third-order valence-corrected chi connectivity index (χ3v) is 4.27. The number of fused-ring (bicyclic) bond motifs is 1. The second-order valence-electron chi connectivity index (χ2n) is 4.94. The molecule has 4 nitrogen and oxygen atoms in total. The molecule has 0 saturated carbocycles. The number of hydrogen-bond acceptors (Lipinski definition) is 3. The zero-order valence-corrected chi connectivity index (χ0v) is 14.1. The number of methoxy groups -OCH3 is 1. The van der Waals surface area contributed by atoms with Crippen LogP contribution in [0, 0.1) is 0 Å². The molecule has 0 bridgehead atoms. The van der Waals surface area contributed by atoms with Gasteiger partial charge < -0.3 is 4.74 Å². The summed E-state index contributed by atoms with van der Waals surface area (Å²) in [5, 5.41) is 1.90. The molecular weight excluding hydrogens is 356 g/mol. The monoisotopic (exact) mass is 370 g/mol. The maximum absolute atomic E-state index is 12.5. The number of amides is 1. The molecule has 23 heavy (non-hydrogen) atoms. The van der Waals surface area contributed by atoms with Gasteiger partial charge in [-0.15, -0.1) is 0 Å². The molecule has 3 aromatic carbocycles. The highest BCUT2D eigenvalue weighted by Crippen LogP contribution is 2.36. The van der Waals surface area contributed by atoms with Crippen molar-refractivity contribution < 1.29 is 9.53 Å². The smallest absolute Gasteiger partial charge is 0.270 e. The summed E-state index contributed by atoms with van der Waals surface area (Å²) in [7, 11) is 1.59. The lowest BCUT2D eigenvalue weighted by Gasteiger charge is -2.14. The highest BCUT2D eigenvalue weighted by molar-refractivity contribution is 9.10. The number of benzene rings is 3. The average molecular weight is 371 g/mol. The van der Waals surface area contributed by atoms with E-state index >= 15 is 0 Å². The summed E-state index contributed by atoms with van der Waals surface area (Å²) in [6, 6.07) is 19.1. The Morgan fingerprint density at radius 3 is 2.48 bits per heavy atom. The van der Waals surface area contributed by atoms with E-state index in [0.717, 1.165) is 16.5 Å². The van der Waals surface area contributed by atoms with Crippen LogP contribution in [-0.4, -0.2) is 13.0 Å². The van der Waals surface area contributed by atoms with Crippen molar-refractivity contribution in [2.75, 3.05) is 12.5 Å². The van der Waals surface area contributed by atoms with Crippen molar-refractivity contribution in [1.29, 1.82) is 0 Å². The van der Waals surface area contributed by atoms with Crippen LogP contribution in [0.15, 0.2) is 65.1 Å². The first-order valence-electron chi connectivity index (χ1n) is 7.07. The molecule has 0 aliphatic rings. The van der Waals surface area contributed by atoms with Crippen LogP contribution in [0.1, 0.15) is 10.4 Å². The van der Waals surface area contributed by atoms with Crippen LogP contribution in [0.25, 0.3) is 10.8 Å². The molecule has 2 N–H and O–H groups in total. The Labute approximate surface area is 142 Å². The van der Waals surface area contributed by atoms with Gasteiger partial charge in [-0.05, 0) is 39.5 Å². The van der Waals surface area contributed by atoms with Gasteiger partial charge in [-0.1, -0.05) is 42.5 Å². The van der Waals surface area contributed by atoms with Crippen molar-refractivity contribution >= 4 is 38.3 Å². The molecule has 5 heteroatoms. The second kappa shape index (κ2) is 6.71. The largest absolute Gasteiger partial charge is 0.495 e. The summed E-state index contributed by atoms with van der Waals surface area (Å²) >= 11 is 3.48. The first-order chi connectivity index (χ1) is 11.2. The number of hydrogen-bond donors (Lipinski definition) is 2. The summed E-state index contributed by atoms with van der Waals surface area (Å²) in [5.74, 6) is 0.401. The average Bonchev–Trinajstić information content (AvgIpc) is 2.60. The minimum atomic E-state index is -0.246. The maximum Gasteiger partial charge on any atom is 0.270 e. The van der Waals surface area contributed by atoms with Gasteiger partial charge in [0, 0.05) is 5.39 Å². The van der Waals surface area contributed by atoms with Crippen LogP contribution in [0.5, 0.6) is 5.75 Å². The molecule has 0 aromatic heterocycles. The predicted octanol–water partition coefficient (Wildman–Crippen LogP) is 4.37. The van der Waals surface area contributed by atoms with Crippen LogP contribution >= 0.6 is 15.9 Å². The maximum atomic E-state index is 12.5. The number of carbonyl (C=O) groups excluding carboxylic acids is 1. The van der Waals surface area contributed by atoms with Crippen LogP contribution in [0.3, 0.4) is 0 Å². The highest BCUT2D eigenvalue weighted by Gasteiger charge is 2.17. The third kappa shape index (κ3) is 3.14. The van der Waals surface area contributed by atoms with E-state index in [-0.39, 0.29) is 5.91 Å². The lowest BCUT2D eigenvalue weighted by Crippen LogP contribution is -2.29. The number of ether oxygens (including phenoxy) is 1. The summed E-state index contributed by atoms with van der Waals surface area (Å²) < 4.78 is 6.10. The Hall–Kier alpha value is -2.53. The van der Waals surface area contributed by atoms with E-state index in [2.05, 4.69) is 26.8 Å². The van der Waals surface area contributed by atoms with Crippen molar-refractivity contribution in [1.82, 2.24) is 5.43 Å². The lowest BCUT2D eigenvalue weighted by atomic mass is 10.1. The highest BCUT2D eigenvalue weighted by atomic mass is 79.9. The predicted molar refractivity (Wildman–Crippen MR) is 95.7 cm³/mol. The molecule has 3 aromatic rings. The zero-order chi connectivity index (χ0) is 16.2. The van der Waals surface area contributed by atoms with Gasteiger partial charge in [-0.3, -0.25) is 15.6 Å². The molecular formula is C18H15BrN2O2. The van der Waals surface area contributed by atoms with Gasteiger partial charge in [0.2, 0.25) is 0 Å². The van der Waals surface area contributed by atoms with Gasteiger partial charge in [0.25, 0.3) is 5.91 Å². The van der Waals surface area contributed by atoms with Crippen LogP contribution in [0.4, 0.5) is 5.69 Å². The topological polar surface area (TPSA) is 50.4 Å². The Morgan fingerprint density at radius 1 is 1.04 bits per heavy atom. The van der Waals surface area contributed by atoms with Gasteiger partial charge in [0.15, 0.2) is 0 Å². The van der Waals surface area contributed by atoms with Crippen molar-refractivity contribution in [3.63, 3.8) is 0 Å². The Bertz CT molecular complexity index is 850. The number of halogens is 1. The minimum absolute atomic E-state index is 0.246. The molecule has 1 amide bonds. The quantitative estimate of drug-likeness (QED) is 0.670. The van der Waals surface area contributed by atoms with E-state index < -0.39 is 0 Å². The number of anilines is 1. The molecule has 0 heterocycles. The molecule has 0 aliphatic carbocycles. The third-order valence-electron chi connectivity index (χ3n) is 3.48. The fourth-order valence-electron chi connectivity index (χ4n) is 2.37. The van der Waals surface area contributed by atoms with Crippen molar-refractivity contribution in [3.8, 4) is 5.75 Å². The number of rotatable bonds is 4. The zero-order valence-electron chi connectivity index (χ0n) is 12.5.